The van der Waals surface area contributed by atoms with Gasteiger partial charge in [0.1, 0.15) is 6.10 Å². The van der Waals surface area contributed by atoms with Crippen LogP contribution in [-0.2, 0) is 0 Å². The molecule has 0 saturated carbocycles. The molecule has 2 rings (SSSR count). The molecular formula is C13H13FN2O3. The molecule has 6 heteroatoms. The standard InChI is InChI=1S/C13H13FN2O3/c1-18-10-5-3-4-8(12(10)14)13(17)9-6-7-11(19-2)16-15-9/h3-7,13,17H,1-2H3. The van der Waals surface area contributed by atoms with E-state index in [9.17, 15) is 9.50 Å². The molecule has 0 aliphatic carbocycles. The first-order valence-corrected chi connectivity index (χ1v) is 5.55. The molecule has 1 unspecified atom stereocenters. The van der Waals surface area contributed by atoms with Crippen LogP contribution in [0.25, 0.3) is 0 Å². The van der Waals surface area contributed by atoms with Gasteiger partial charge >= 0.3 is 0 Å². The van der Waals surface area contributed by atoms with Gasteiger partial charge < -0.3 is 14.6 Å². The molecule has 0 radical (unpaired) electrons. The van der Waals surface area contributed by atoms with Crippen LogP contribution in [0.5, 0.6) is 11.6 Å². The molecule has 19 heavy (non-hydrogen) atoms. The highest BCUT2D eigenvalue weighted by Gasteiger charge is 2.19. The first-order valence-electron chi connectivity index (χ1n) is 5.55. The van der Waals surface area contributed by atoms with Crippen LogP contribution in [0, 0.1) is 5.82 Å². The summed E-state index contributed by atoms with van der Waals surface area (Å²) in [6, 6.07) is 7.61. The maximum absolute atomic E-state index is 14.0. The number of hydrogen-bond donors (Lipinski definition) is 1. The number of benzene rings is 1. The Hall–Kier alpha value is -2.21. The molecule has 0 aliphatic heterocycles. The number of aliphatic hydroxyl groups is 1. The second-order valence-electron chi connectivity index (χ2n) is 3.77. The number of aromatic nitrogens is 2. The Kier molecular flexibility index (Phi) is 3.91. The third kappa shape index (κ3) is 2.63. The lowest BCUT2D eigenvalue weighted by Gasteiger charge is -2.12. The highest BCUT2D eigenvalue weighted by molar-refractivity contribution is 5.35. The first-order chi connectivity index (χ1) is 9.17. The zero-order chi connectivity index (χ0) is 13.8. The molecule has 100 valence electrons. The molecule has 0 spiro atoms. The maximum atomic E-state index is 14.0. The van der Waals surface area contributed by atoms with Gasteiger partial charge in [-0.1, -0.05) is 12.1 Å². The number of halogens is 1. The van der Waals surface area contributed by atoms with E-state index in [4.69, 9.17) is 9.47 Å². The Morgan fingerprint density at radius 1 is 1.11 bits per heavy atom. The third-order valence-electron chi connectivity index (χ3n) is 2.66. The molecule has 1 aromatic heterocycles. The lowest BCUT2D eigenvalue weighted by molar-refractivity contribution is 0.206. The number of methoxy groups -OCH3 is 2. The molecule has 1 aromatic carbocycles. The van der Waals surface area contributed by atoms with Gasteiger partial charge in [0, 0.05) is 11.6 Å². The molecule has 0 bridgehead atoms. The van der Waals surface area contributed by atoms with Crippen LogP contribution in [0.1, 0.15) is 17.4 Å². The summed E-state index contributed by atoms with van der Waals surface area (Å²) in [4.78, 5) is 0. The minimum Gasteiger partial charge on any atom is -0.494 e. The van der Waals surface area contributed by atoms with Gasteiger partial charge in [0.2, 0.25) is 5.88 Å². The summed E-state index contributed by atoms with van der Waals surface area (Å²) in [7, 11) is 2.82. The average Bonchev–Trinajstić information content (AvgIpc) is 2.47. The van der Waals surface area contributed by atoms with E-state index in [2.05, 4.69) is 10.2 Å². The van der Waals surface area contributed by atoms with Gasteiger partial charge in [-0.3, -0.25) is 0 Å². The fraction of sp³-hybridized carbons (Fsp3) is 0.231. The Bertz CT molecular complexity index is 560. The minimum atomic E-state index is -1.21. The normalized spacial score (nSPS) is 12.0. The third-order valence-corrected chi connectivity index (χ3v) is 2.66. The van der Waals surface area contributed by atoms with Crippen molar-refractivity contribution in [3.05, 3.63) is 47.4 Å². The van der Waals surface area contributed by atoms with Gasteiger partial charge in [0.15, 0.2) is 11.6 Å². The number of aliphatic hydroxyl groups excluding tert-OH is 1. The van der Waals surface area contributed by atoms with Crippen molar-refractivity contribution in [1.29, 1.82) is 0 Å². The zero-order valence-corrected chi connectivity index (χ0v) is 10.5. The number of hydrogen-bond acceptors (Lipinski definition) is 5. The monoisotopic (exact) mass is 264 g/mol. The van der Waals surface area contributed by atoms with E-state index in [1.54, 1.807) is 12.1 Å². The molecular weight excluding hydrogens is 251 g/mol. The molecule has 1 heterocycles. The predicted octanol–water partition coefficient (Wildman–Crippen LogP) is 1.71. The fourth-order valence-corrected chi connectivity index (χ4v) is 1.64. The summed E-state index contributed by atoms with van der Waals surface area (Å²) >= 11 is 0. The summed E-state index contributed by atoms with van der Waals surface area (Å²) in [6.07, 6.45) is -1.21. The number of nitrogens with zero attached hydrogens (tertiary/aromatic N) is 2. The Balaban J connectivity index is 2.35. The molecule has 5 nitrogen and oxygen atoms in total. The van der Waals surface area contributed by atoms with Crippen LogP contribution >= 0.6 is 0 Å². The first kappa shape index (κ1) is 13.2. The van der Waals surface area contributed by atoms with Gasteiger partial charge in [-0.15, -0.1) is 10.2 Å². The highest BCUT2D eigenvalue weighted by atomic mass is 19.1. The summed E-state index contributed by atoms with van der Waals surface area (Å²) in [5.74, 6) is -0.227. The SMILES string of the molecule is COc1ccc(C(O)c2cccc(OC)c2F)nn1. The minimum absolute atomic E-state index is 0.0676. The van der Waals surface area contributed by atoms with Crippen molar-refractivity contribution in [3.63, 3.8) is 0 Å². The van der Waals surface area contributed by atoms with Gasteiger partial charge in [-0.2, -0.15) is 0 Å². The summed E-state index contributed by atoms with van der Waals surface area (Å²) in [6.45, 7) is 0. The van der Waals surface area contributed by atoms with E-state index in [-0.39, 0.29) is 17.0 Å². The second-order valence-corrected chi connectivity index (χ2v) is 3.77. The van der Waals surface area contributed by atoms with E-state index in [1.807, 2.05) is 0 Å². The van der Waals surface area contributed by atoms with Crippen LogP contribution in [0.3, 0.4) is 0 Å². The lowest BCUT2D eigenvalue weighted by atomic mass is 10.1. The molecule has 2 aromatic rings. The molecule has 0 fully saturated rings. The van der Waals surface area contributed by atoms with E-state index in [0.717, 1.165) is 0 Å². The maximum Gasteiger partial charge on any atom is 0.233 e. The van der Waals surface area contributed by atoms with Crippen LogP contribution < -0.4 is 9.47 Å². The molecule has 1 N–H and O–H groups in total. The number of ether oxygens (including phenoxy) is 2. The summed E-state index contributed by atoms with van der Waals surface area (Å²) < 4.78 is 23.7. The largest absolute Gasteiger partial charge is 0.494 e. The topological polar surface area (TPSA) is 64.5 Å². The van der Waals surface area contributed by atoms with Gasteiger partial charge in [0.25, 0.3) is 0 Å². The van der Waals surface area contributed by atoms with E-state index in [1.165, 1.54) is 32.4 Å². The van der Waals surface area contributed by atoms with Crippen molar-refractivity contribution in [1.82, 2.24) is 10.2 Å². The molecule has 0 saturated heterocycles. The molecule has 0 amide bonds. The highest BCUT2D eigenvalue weighted by Crippen LogP contribution is 2.28. The van der Waals surface area contributed by atoms with Crippen molar-refractivity contribution in [2.75, 3.05) is 14.2 Å². The van der Waals surface area contributed by atoms with Crippen molar-refractivity contribution in [2.45, 2.75) is 6.10 Å². The average molecular weight is 264 g/mol. The van der Waals surface area contributed by atoms with Gasteiger partial charge in [-0.05, 0) is 12.1 Å². The van der Waals surface area contributed by atoms with Gasteiger partial charge in [-0.25, -0.2) is 4.39 Å². The van der Waals surface area contributed by atoms with Crippen LogP contribution in [0.15, 0.2) is 30.3 Å². The van der Waals surface area contributed by atoms with Crippen LogP contribution in [0.4, 0.5) is 4.39 Å². The van der Waals surface area contributed by atoms with E-state index >= 15 is 0 Å². The molecule has 0 aliphatic rings. The van der Waals surface area contributed by atoms with E-state index < -0.39 is 11.9 Å². The van der Waals surface area contributed by atoms with Crippen molar-refractivity contribution < 1.29 is 19.0 Å². The lowest BCUT2D eigenvalue weighted by Crippen LogP contribution is -2.07. The Morgan fingerprint density at radius 2 is 1.89 bits per heavy atom. The molecule has 1 atom stereocenters. The second kappa shape index (κ2) is 5.62. The van der Waals surface area contributed by atoms with Crippen LogP contribution in [0.2, 0.25) is 0 Å². The quantitative estimate of drug-likeness (QED) is 0.910. The Morgan fingerprint density at radius 3 is 2.47 bits per heavy atom. The number of rotatable bonds is 4. The van der Waals surface area contributed by atoms with E-state index in [0.29, 0.717) is 5.88 Å². The fourth-order valence-electron chi connectivity index (χ4n) is 1.64. The summed E-state index contributed by atoms with van der Waals surface area (Å²) in [5, 5.41) is 17.6. The van der Waals surface area contributed by atoms with Crippen molar-refractivity contribution in [2.24, 2.45) is 0 Å². The Labute approximate surface area is 109 Å². The van der Waals surface area contributed by atoms with Gasteiger partial charge in [0.05, 0.1) is 19.9 Å². The smallest absolute Gasteiger partial charge is 0.233 e. The van der Waals surface area contributed by atoms with Crippen molar-refractivity contribution in [3.8, 4) is 11.6 Å². The predicted molar refractivity (Wildman–Crippen MR) is 65.6 cm³/mol. The van der Waals surface area contributed by atoms with Crippen molar-refractivity contribution >= 4 is 0 Å². The zero-order valence-electron chi connectivity index (χ0n) is 10.5. The summed E-state index contributed by atoms with van der Waals surface area (Å²) in [5.41, 5.74) is 0.312. The van der Waals surface area contributed by atoms with Crippen LogP contribution in [-0.4, -0.2) is 29.5 Å².